The van der Waals surface area contributed by atoms with Gasteiger partial charge >= 0.3 is 5.97 Å². The number of ether oxygens (including phenoxy) is 1. The number of carboxylic acid groups (broad SMARTS) is 1. The third-order valence-electron chi connectivity index (χ3n) is 4.42. The first-order valence-electron chi connectivity index (χ1n) is 9.98. The molecular formula is C22H34O6. The predicted molar refractivity (Wildman–Crippen MR) is 109 cm³/mol. The molecule has 28 heavy (non-hydrogen) atoms. The number of aliphatic carboxylic acids is 1. The fourth-order valence-electron chi connectivity index (χ4n) is 2.84. The monoisotopic (exact) mass is 394 g/mol. The van der Waals surface area contributed by atoms with E-state index in [1.54, 1.807) is 12.2 Å². The maximum atomic E-state index is 10.4. The highest BCUT2D eigenvalue weighted by Crippen LogP contribution is 2.25. The molecule has 0 unspecified atom stereocenters. The van der Waals surface area contributed by atoms with Crippen LogP contribution in [-0.2, 0) is 9.53 Å². The number of rotatable bonds is 13. The lowest BCUT2D eigenvalue weighted by atomic mass is 10.0. The molecular weight excluding hydrogens is 360 g/mol. The molecule has 0 aromatic rings. The molecule has 158 valence electrons. The van der Waals surface area contributed by atoms with Crippen molar-refractivity contribution in [3.63, 3.8) is 0 Å². The molecule has 0 bridgehead atoms. The Balaban J connectivity index is 2.31. The molecule has 1 rings (SSSR count). The number of aliphatic hydroxyl groups excluding tert-OH is 3. The highest BCUT2D eigenvalue weighted by Gasteiger charge is 2.35. The SMILES string of the molecule is CC/C=C\C[C@@H](O)/C=C/[C@H]1O[C@H]([C@@H](O)C/C=C\C/C=C\CCC(=O)O)C[C@H]1O. The lowest BCUT2D eigenvalue weighted by Gasteiger charge is -2.16. The van der Waals surface area contributed by atoms with E-state index in [1.165, 1.54) is 0 Å². The van der Waals surface area contributed by atoms with Crippen molar-refractivity contribution < 1.29 is 30.0 Å². The van der Waals surface area contributed by atoms with Crippen LogP contribution in [0.1, 0.15) is 51.9 Å². The minimum Gasteiger partial charge on any atom is -0.481 e. The lowest BCUT2D eigenvalue weighted by Crippen LogP contribution is -2.25. The van der Waals surface area contributed by atoms with Crippen LogP contribution in [0.5, 0.6) is 0 Å². The normalized spacial score (nSPS) is 25.5. The summed E-state index contributed by atoms with van der Waals surface area (Å²) in [5.74, 6) is -0.807. The van der Waals surface area contributed by atoms with Crippen LogP contribution < -0.4 is 0 Å². The molecule has 0 amide bonds. The maximum absolute atomic E-state index is 10.4. The summed E-state index contributed by atoms with van der Waals surface area (Å²) in [6, 6.07) is 0. The van der Waals surface area contributed by atoms with Crippen LogP contribution in [0.15, 0.2) is 48.6 Å². The predicted octanol–water partition coefficient (Wildman–Crippen LogP) is 2.90. The van der Waals surface area contributed by atoms with Gasteiger partial charge in [-0.3, -0.25) is 4.79 Å². The van der Waals surface area contributed by atoms with Crippen LogP contribution in [0.25, 0.3) is 0 Å². The summed E-state index contributed by atoms with van der Waals surface area (Å²) in [5, 5.41) is 38.8. The van der Waals surface area contributed by atoms with Crippen molar-refractivity contribution in [1.82, 2.24) is 0 Å². The molecule has 0 radical (unpaired) electrons. The number of hydrogen-bond donors (Lipinski definition) is 4. The lowest BCUT2D eigenvalue weighted by molar-refractivity contribution is -0.136. The van der Waals surface area contributed by atoms with E-state index in [1.807, 2.05) is 43.4 Å². The van der Waals surface area contributed by atoms with Gasteiger partial charge in [0.25, 0.3) is 0 Å². The topological polar surface area (TPSA) is 107 Å². The van der Waals surface area contributed by atoms with Crippen molar-refractivity contribution in [2.75, 3.05) is 0 Å². The second kappa shape index (κ2) is 14.3. The van der Waals surface area contributed by atoms with Crippen molar-refractivity contribution in [2.45, 2.75) is 82.4 Å². The fraction of sp³-hybridized carbons (Fsp3) is 0.591. The van der Waals surface area contributed by atoms with Crippen molar-refractivity contribution in [3.05, 3.63) is 48.6 Å². The molecule has 0 spiro atoms. The zero-order valence-electron chi connectivity index (χ0n) is 16.6. The van der Waals surface area contributed by atoms with Gasteiger partial charge in [-0.2, -0.15) is 0 Å². The molecule has 6 heteroatoms. The van der Waals surface area contributed by atoms with Gasteiger partial charge in [0.15, 0.2) is 0 Å². The molecule has 1 saturated heterocycles. The van der Waals surface area contributed by atoms with Crippen LogP contribution in [0.3, 0.4) is 0 Å². The summed E-state index contributed by atoms with van der Waals surface area (Å²) in [4.78, 5) is 10.4. The van der Waals surface area contributed by atoms with Gasteiger partial charge in [-0.05, 0) is 32.1 Å². The van der Waals surface area contributed by atoms with Crippen LogP contribution >= 0.6 is 0 Å². The van der Waals surface area contributed by atoms with Crippen molar-refractivity contribution >= 4 is 5.97 Å². The second-order valence-electron chi connectivity index (χ2n) is 6.92. The quantitative estimate of drug-likeness (QED) is 0.358. The standard InChI is InChI=1S/C22H34O6/c1-2-3-8-11-17(23)14-15-20-19(25)16-21(28-20)18(24)12-9-6-4-5-7-10-13-22(26)27/h3,5-9,14-15,17-21,23-25H,2,4,10-13,16H2,1H3,(H,26,27)/b7-5-,8-3-,9-6-,15-14+/t17-,18+,19-,20-,21+/m1/s1. The van der Waals surface area contributed by atoms with Crippen molar-refractivity contribution in [3.8, 4) is 0 Å². The minimum absolute atomic E-state index is 0.127. The number of carboxylic acids is 1. The molecule has 0 saturated carbocycles. The van der Waals surface area contributed by atoms with Crippen molar-refractivity contribution in [1.29, 1.82) is 0 Å². The Labute approximate surface area is 167 Å². The highest BCUT2D eigenvalue weighted by molar-refractivity contribution is 5.66. The van der Waals surface area contributed by atoms with E-state index >= 15 is 0 Å². The van der Waals surface area contributed by atoms with Crippen LogP contribution in [0.2, 0.25) is 0 Å². The van der Waals surface area contributed by atoms with Crippen LogP contribution in [0, 0.1) is 0 Å². The first-order valence-corrected chi connectivity index (χ1v) is 9.98. The third kappa shape index (κ3) is 10.6. The number of aliphatic hydroxyl groups is 3. The first-order chi connectivity index (χ1) is 13.4. The molecule has 1 heterocycles. The van der Waals surface area contributed by atoms with E-state index in [2.05, 4.69) is 0 Å². The summed E-state index contributed by atoms with van der Waals surface area (Å²) >= 11 is 0. The van der Waals surface area contributed by atoms with E-state index in [0.29, 0.717) is 32.1 Å². The highest BCUT2D eigenvalue weighted by atomic mass is 16.5. The van der Waals surface area contributed by atoms with Gasteiger partial charge in [-0.25, -0.2) is 0 Å². The average molecular weight is 395 g/mol. The van der Waals surface area contributed by atoms with Gasteiger partial charge in [-0.1, -0.05) is 55.5 Å². The Hall–Kier alpha value is -1.73. The fourth-order valence-corrected chi connectivity index (χ4v) is 2.84. The van der Waals surface area contributed by atoms with E-state index in [9.17, 15) is 20.1 Å². The average Bonchev–Trinajstić information content (AvgIpc) is 3.03. The Kier molecular flexibility index (Phi) is 12.4. The number of carbonyl (C=O) groups is 1. The third-order valence-corrected chi connectivity index (χ3v) is 4.42. The summed E-state index contributed by atoms with van der Waals surface area (Å²) in [7, 11) is 0. The van der Waals surface area contributed by atoms with E-state index in [4.69, 9.17) is 9.84 Å². The smallest absolute Gasteiger partial charge is 0.303 e. The Bertz CT molecular complexity index is 551. The summed E-state index contributed by atoms with van der Waals surface area (Å²) < 4.78 is 5.72. The molecule has 4 N–H and O–H groups in total. The van der Waals surface area contributed by atoms with E-state index < -0.39 is 36.5 Å². The van der Waals surface area contributed by atoms with Gasteiger partial charge in [0.2, 0.25) is 0 Å². The van der Waals surface area contributed by atoms with Gasteiger partial charge in [0.05, 0.1) is 24.4 Å². The maximum Gasteiger partial charge on any atom is 0.303 e. The first kappa shape index (κ1) is 24.3. The van der Waals surface area contributed by atoms with E-state index in [0.717, 1.165) is 6.42 Å². The zero-order chi connectivity index (χ0) is 20.8. The largest absolute Gasteiger partial charge is 0.481 e. The molecule has 6 nitrogen and oxygen atoms in total. The molecule has 5 atom stereocenters. The van der Waals surface area contributed by atoms with Gasteiger partial charge in [0, 0.05) is 12.8 Å². The van der Waals surface area contributed by atoms with Crippen molar-refractivity contribution in [2.24, 2.45) is 0 Å². The number of hydrogen-bond acceptors (Lipinski definition) is 5. The molecule has 0 aromatic heterocycles. The van der Waals surface area contributed by atoms with Gasteiger partial charge in [0.1, 0.15) is 6.10 Å². The summed E-state index contributed by atoms with van der Waals surface area (Å²) in [5.41, 5.74) is 0. The second-order valence-corrected chi connectivity index (χ2v) is 6.92. The minimum atomic E-state index is -0.807. The zero-order valence-corrected chi connectivity index (χ0v) is 16.6. The van der Waals surface area contributed by atoms with E-state index in [-0.39, 0.29) is 6.42 Å². The van der Waals surface area contributed by atoms with Crippen LogP contribution in [-0.4, -0.2) is 56.9 Å². The molecule has 0 aromatic carbocycles. The Morgan fingerprint density at radius 1 is 1.11 bits per heavy atom. The summed E-state index contributed by atoms with van der Waals surface area (Å²) in [6.45, 7) is 2.03. The molecule has 0 aliphatic carbocycles. The molecule has 1 fully saturated rings. The Morgan fingerprint density at radius 3 is 2.54 bits per heavy atom. The van der Waals surface area contributed by atoms with Gasteiger partial charge < -0.3 is 25.2 Å². The molecule has 1 aliphatic heterocycles. The number of allylic oxidation sites excluding steroid dienone is 4. The summed E-state index contributed by atoms with van der Waals surface area (Å²) in [6.07, 6.45) is 15.2. The molecule has 1 aliphatic rings. The Morgan fingerprint density at radius 2 is 1.82 bits per heavy atom. The van der Waals surface area contributed by atoms with Gasteiger partial charge in [-0.15, -0.1) is 0 Å². The van der Waals surface area contributed by atoms with Crippen LogP contribution in [0.4, 0.5) is 0 Å².